The molecule has 102 valence electrons. The number of nitriles is 1. The van der Waals surface area contributed by atoms with Crippen molar-refractivity contribution in [2.45, 2.75) is 31.6 Å². The molecular weight excluding hydrogens is 369 g/mol. The first kappa shape index (κ1) is 14.7. The van der Waals surface area contributed by atoms with Gasteiger partial charge in [0.25, 0.3) is 0 Å². The van der Waals surface area contributed by atoms with Gasteiger partial charge >= 0.3 is 6.15 Å². The first-order valence-electron chi connectivity index (χ1n) is 6.19. The van der Waals surface area contributed by atoms with Crippen molar-refractivity contribution in [1.29, 1.82) is 5.26 Å². The maximum absolute atomic E-state index is 9.21. The van der Waals surface area contributed by atoms with Crippen molar-refractivity contribution in [2.24, 2.45) is 0 Å². The van der Waals surface area contributed by atoms with Crippen LogP contribution in [0.2, 0.25) is 0 Å². The molecule has 5 nitrogen and oxygen atoms in total. The summed E-state index contributed by atoms with van der Waals surface area (Å²) in [6.45, 7) is 2.11. The third-order valence-corrected chi connectivity index (χ3v) is 4.63. The van der Waals surface area contributed by atoms with Crippen LogP contribution in [0.15, 0.2) is 18.3 Å². The number of aromatic nitrogens is 2. The molecule has 0 radical (unpaired) electrons. The van der Waals surface area contributed by atoms with E-state index in [0.717, 1.165) is 36.2 Å². The fourth-order valence-electron chi connectivity index (χ4n) is 2.18. The van der Waals surface area contributed by atoms with Crippen LogP contribution in [0.25, 0.3) is 5.65 Å². The zero-order valence-electron chi connectivity index (χ0n) is 10.9. The Morgan fingerprint density at radius 1 is 1.50 bits per heavy atom. The van der Waals surface area contributed by atoms with Crippen molar-refractivity contribution >= 4 is 34.4 Å². The summed E-state index contributed by atoms with van der Waals surface area (Å²) in [6, 6.07) is 6.56. The average Bonchev–Trinajstić information content (AvgIpc) is 3.20. The third kappa shape index (κ3) is 2.47. The van der Waals surface area contributed by atoms with Crippen molar-refractivity contribution in [3.05, 3.63) is 33.3 Å². The molecule has 0 bridgehead atoms. The molecule has 20 heavy (non-hydrogen) atoms. The van der Waals surface area contributed by atoms with E-state index in [0.29, 0.717) is 0 Å². The maximum Gasteiger partial charge on any atom is 0.373 e. The number of fused-ring (bicyclic) bond motifs is 1. The molecule has 0 unspecified atom stereocenters. The van der Waals surface area contributed by atoms with E-state index in [2.05, 4.69) is 57.1 Å². The topological polar surface area (TPSA) is 75.2 Å². The first-order valence-corrected chi connectivity index (χ1v) is 7.27. The summed E-state index contributed by atoms with van der Waals surface area (Å²) in [4.78, 5) is 20.9. The quantitative estimate of drug-likeness (QED) is 0.750. The van der Waals surface area contributed by atoms with Gasteiger partial charge in [0.1, 0.15) is 9.35 Å². The predicted octanol–water partition coefficient (Wildman–Crippen LogP) is 2.47. The molecule has 6 heteroatoms. The molecule has 0 atom stereocenters. The van der Waals surface area contributed by atoms with E-state index in [-0.39, 0.29) is 11.6 Å². The van der Waals surface area contributed by atoms with Crippen molar-refractivity contribution in [2.75, 3.05) is 0 Å². The summed E-state index contributed by atoms with van der Waals surface area (Å²) in [5.74, 6) is 0. The Morgan fingerprint density at radius 3 is 2.65 bits per heavy atom. The zero-order chi connectivity index (χ0) is 14.8. The Hall–Kier alpha value is -1.71. The second-order valence-corrected chi connectivity index (χ2v) is 5.65. The van der Waals surface area contributed by atoms with E-state index in [9.17, 15) is 5.26 Å². The van der Waals surface area contributed by atoms with E-state index < -0.39 is 0 Å². The molecule has 0 aromatic carbocycles. The minimum atomic E-state index is -0.217. The van der Waals surface area contributed by atoms with Crippen LogP contribution in [0, 0.1) is 15.0 Å². The number of rotatable bonds is 2. The predicted molar refractivity (Wildman–Crippen MR) is 78.8 cm³/mol. The minimum Gasteiger partial charge on any atom is -0.295 e. The van der Waals surface area contributed by atoms with Gasteiger partial charge in [-0.15, -0.1) is 0 Å². The average molecular weight is 381 g/mol. The smallest absolute Gasteiger partial charge is 0.295 e. The molecule has 1 fully saturated rings. The van der Waals surface area contributed by atoms with Crippen molar-refractivity contribution in [3.63, 3.8) is 0 Å². The summed E-state index contributed by atoms with van der Waals surface area (Å²) in [5, 5.41) is 9.21. The molecule has 0 saturated heterocycles. The highest BCUT2D eigenvalue weighted by Gasteiger charge is 2.45. The van der Waals surface area contributed by atoms with Crippen LogP contribution in [-0.2, 0) is 21.4 Å². The van der Waals surface area contributed by atoms with Crippen LogP contribution < -0.4 is 0 Å². The van der Waals surface area contributed by atoms with Gasteiger partial charge in [0.15, 0.2) is 0 Å². The lowest BCUT2D eigenvalue weighted by Gasteiger charge is -2.06. The van der Waals surface area contributed by atoms with Gasteiger partial charge in [0.05, 0.1) is 17.2 Å². The fraction of sp³-hybridized carbons (Fsp3) is 0.357. The van der Waals surface area contributed by atoms with Gasteiger partial charge in [-0.05, 0) is 59.5 Å². The summed E-state index contributed by atoms with van der Waals surface area (Å²) < 4.78 is 3.27. The van der Waals surface area contributed by atoms with Crippen molar-refractivity contribution in [1.82, 2.24) is 9.38 Å². The van der Waals surface area contributed by atoms with Gasteiger partial charge in [-0.3, -0.25) is 4.40 Å². The molecule has 2 heterocycles. The molecule has 1 aliphatic rings. The van der Waals surface area contributed by atoms with Gasteiger partial charge in [0, 0.05) is 6.20 Å². The van der Waals surface area contributed by atoms with Gasteiger partial charge < -0.3 is 0 Å². The van der Waals surface area contributed by atoms with E-state index in [1.54, 1.807) is 0 Å². The molecule has 3 rings (SSSR count). The Labute approximate surface area is 129 Å². The van der Waals surface area contributed by atoms with Crippen LogP contribution in [0.4, 0.5) is 0 Å². The second kappa shape index (κ2) is 5.73. The van der Waals surface area contributed by atoms with Gasteiger partial charge in [-0.25, -0.2) is 4.98 Å². The highest BCUT2D eigenvalue weighted by Crippen LogP contribution is 2.47. The monoisotopic (exact) mass is 381 g/mol. The Kier molecular flexibility index (Phi) is 4.21. The van der Waals surface area contributed by atoms with Crippen molar-refractivity contribution < 1.29 is 9.59 Å². The van der Waals surface area contributed by atoms with E-state index in [1.807, 2.05) is 6.20 Å². The molecule has 2 aromatic heterocycles. The Bertz CT molecular complexity index is 720. The number of hydrogen-bond acceptors (Lipinski definition) is 4. The number of carbonyl (C=O) groups excluding carboxylic acids is 2. The van der Waals surface area contributed by atoms with E-state index >= 15 is 0 Å². The molecule has 0 aliphatic heterocycles. The van der Waals surface area contributed by atoms with E-state index in [1.165, 1.54) is 3.70 Å². The van der Waals surface area contributed by atoms with Gasteiger partial charge in [0.2, 0.25) is 0 Å². The lowest BCUT2D eigenvalue weighted by molar-refractivity contribution is -0.191. The lowest BCUT2D eigenvalue weighted by atomic mass is 9.99. The van der Waals surface area contributed by atoms with E-state index in [4.69, 9.17) is 9.59 Å². The molecule has 2 aromatic rings. The number of nitrogens with zero attached hydrogens (tertiary/aromatic N) is 3. The highest BCUT2D eigenvalue weighted by atomic mass is 127. The summed E-state index contributed by atoms with van der Waals surface area (Å²) in [6.07, 6.45) is 5.20. The van der Waals surface area contributed by atoms with Crippen LogP contribution in [0.1, 0.15) is 31.0 Å². The Balaban J connectivity index is 0.000000452. The van der Waals surface area contributed by atoms with Gasteiger partial charge in [-0.1, -0.05) is 6.92 Å². The lowest BCUT2D eigenvalue weighted by Crippen LogP contribution is -2.03. The first-order chi connectivity index (χ1) is 9.61. The van der Waals surface area contributed by atoms with Crippen LogP contribution in [0.3, 0.4) is 0 Å². The minimum absolute atomic E-state index is 0.217. The zero-order valence-corrected chi connectivity index (χ0v) is 13.0. The van der Waals surface area contributed by atoms with Crippen LogP contribution in [-0.4, -0.2) is 15.5 Å². The number of aryl methyl sites for hydroxylation is 1. The Morgan fingerprint density at radius 2 is 2.15 bits per heavy atom. The maximum atomic E-state index is 9.21. The van der Waals surface area contributed by atoms with Gasteiger partial charge in [-0.2, -0.15) is 14.9 Å². The molecule has 0 amide bonds. The number of halogens is 1. The molecular formula is C14H12IN3O2. The SMILES string of the molecule is CCc1nc2cc(C3(C#N)CC3)ccn2c1I.O=C=O. The normalized spacial score (nSPS) is 14.8. The fourth-order valence-corrected chi connectivity index (χ4v) is 3.09. The summed E-state index contributed by atoms with van der Waals surface area (Å²) >= 11 is 2.33. The summed E-state index contributed by atoms with van der Waals surface area (Å²) in [7, 11) is 0. The number of imidazole rings is 1. The number of hydrogen-bond donors (Lipinski definition) is 0. The number of pyridine rings is 1. The molecule has 0 N–H and O–H groups in total. The third-order valence-electron chi connectivity index (χ3n) is 3.49. The van der Waals surface area contributed by atoms with Crippen LogP contribution >= 0.6 is 22.6 Å². The highest BCUT2D eigenvalue weighted by molar-refractivity contribution is 14.1. The second-order valence-electron chi connectivity index (χ2n) is 4.62. The largest absolute Gasteiger partial charge is 0.373 e. The molecule has 1 aliphatic carbocycles. The summed E-state index contributed by atoms with van der Waals surface area (Å²) in [5.41, 5.74) is 3.00. The van der Waals surface area contributed by atoms with Crippen LogP contribution in [0.5, 0.6) is 0 Å². The molecule has 0 spiro atoms. The molecule has 1 saturated carbocycles. The van der Waals surface area contributed by atoms with Crippen molar-refractivity contribution in [3.8, 4) is 6.07 Å². The standard InChI is InChI=1S/C13H12IN3.CO2/c1-2-10-12(14)17-6-3-9(7-11(17)16-10)13(8-15)4-5-13;2-1-3/h3,6-7H,2,4-5H2,1H3;.